The van der Waals surface area contributed by atoms with Crippen LogP contribution in [-0.4, -0.2) is 42.0 Å². The minimum Gasteiger partial charge on any atom is -0.367 e. The number of benzene rings is 2. The monoisotopic (exact) mass is 367 g/mol. The van der Waals surface area contributed by atoms with E-state index < -0.39 is 11.6 Å². The van der Waals surface area contributed by atoms with Crippen LogP contribution in [0.25, 0.3) is 10.9 Å². The number of anilines is 1. The molecule has 1 aromatic heterocycles. The van der Waals surface area contributed by atoms with E-state index in [0.29, 0.717) is 37.4 Å². The number of amides is 1. The standard InChI is InChI=1S/C21H19F2N3O/c1-14-2-4-15(5-3-14)21(27)26-12-10-25(11-13-26)18-8-9-24-20-17(23)7-6-16(22)19(18)20/h2-9H,10-13H2,1H3. The topological polar surface area (TPSA) is 36.4 Å². The highest BCUT2D eigenvalue weighted by Crippen LogP contribution is 2.30. The Morgan fingerprint density at radius 1 is 0.926 bits per heavy atom. The lowest BCUT2D eigenvalue weighted by Crippen LogP contribution is -2.48. The van der Waals surface area contributed by atoms with Gasteiger partial charge in [0, 0.05) is 37.9 Å². The number of aromatic nitrogens is 1. The second-order valence-electron chi connectivity index (χ2n) is 6.73. The summed E-state index contributed by atoms with van der Waals surface area (Å²) in [5.41, 5.74) is 2.41. The lowest BCUT2D eigenvalue weighted by atomic mass is 10.1. The molecule has 138 valence electrons. The molecule has 0 aliphatic carbocycles. The molecule has 1 aliphatic rings. The fraction of sp³-hybridized carbons (Fsp3) is 0.238. The van der Waals surface area contributed by atoms with Crippen molar-refractivity contribution in [2.24, 2.45) is 0 Å². The SMILES string of the molecule is Cc1ccc(C(=O)N2CCN(c3ccnc4c(F)ccc(F)c34)CC2)cc1. The third kappa shape index (κ3) is 3.23. The summed E-state index contributed by atoms with van der Waals surface area (Å²) in [5, 5.41) is 0.191. The first-order chi connectivity index (χ1) is 13.0. The van der Waals surface area contributed by atoms with Gasteiger partial charge in [-0.2, -0.15) is 0 Å². The minimum absolute atomic E-state index is 0.00791. The average Bonchev–Trinajstić information content (AvgIpc) is 2.71. The van der Waals surface area contributed by atoms with Crippen LogP contribution in [0.5, 0.6) is 0 Å². The Balaban J connectivity index is 1.55. The molecule has 27 heavy (non-hydrogen) atoms. The van der Waals surface area contributed by atoms with Gasteiger partial charge in [0.15, 0.2) is 0 Å². The van der Waals surface area contributed by atoms with Gasteiger partial charge in [0.2, 0.25) is 0 Å². The first kappa shape index (κ1) is 17.4. The van der Waals surface area contributed by atoms with E-state index in [0.717, 1.165) is 17.7 Å². The Hall–Kier alpha value is -3.02. The van der Waals surface area contributed by atoms with Gasteiger partial charge in [0.1, 0.15) is 17.2 Å². The molecule has 3 aromatic rings. The van der Waals surface area contributed by atoms with Gasteiger partial charge in [-0.05, 0) is 37.3 Å². The van der Waals surface area contributed by atoms with Gasteiger partial charge in [-0.25, -0.2) is 8.78 Å². The lowest BCUT2D eigenvalue weighted by Gasteiger charge is -2.36. The largest absolute Gasteiger partial charge is 0.367 e. The van der Waals surface area contributed by atoms with Crippen LogP contribution in [0.1, 0.15) is 15.9 Å². The zero-order valence-electron chi connectivity index (χ0n) is 15.0. The summed E-state index contributed by atoms with van der Waals surface area (Å²) >= 11 is 0. The molecule has 1 amide bonds. The van der Waals surface area contributed by atoms with Crippen molar-refractivity contribution in [3.8, 4) is 0 Å². The van der Waals surface area contributed by atoms with Crippen molar-refractivity contribution in [3.63, 3.8) is 0 Å². The molecule has 0 spiro atoms. The fourth-order valence-corrected chi connectivity index (χ4v) is 3.47. The second kappa shape index (κ2) is 6.95. The van der Waals surface area contributed by atoms with Gasteiger partial charge >= 0.3 is 0 Å². The van der Waals surface area contributed by atoms with Crippen LogP contribution < -0.4 is 4.90 Å². The van der Waals surface area contributed by atoms with Crippen LogP contribution >= 0.6 is 0 Å². The minimum atomic E-state index is -0.540. The van der Waals surface area contributed by atoms with Gasteiger partial charge in [-0.1, -0.05) is 17.7 Å². The van der Waals surface area contributed by atoms with Gasteiger partial charge in [-0.3, -0.25) is 9.78 Å². The van der Waals surface area contributed by atoms with Crippen molar-refractivity contribution in [2.75, 3.05) is 31.1 Å². The summed E-state index contributed by atoms with van der Waals surface area (Å²) in [6.07, 6.45) is 1.49. The molecule has 2 heterocycles. The smallest absolute Gasteiger partial charge is 0.253 e. The molecule has 0 unspecified atom stereocenters. The van der Waals surface area contributed by atoms with Crippen LogP contribution in [0.3, 0.4) is 0 Å². The number of hydrogen-bond donors (Lipinski definition) is 0. The average molecular weight is 367 g/mol. The summed E-state index contributed by atoms with van der Waals surface area (Å²) in [6, 6.07) is 11.4. The van der Waals surface area contributed by atoms with E-state index in [1.165, 1.54) is 6.20 Å². The molecule has 4 nitrogen and oxygen atoms in total. The summed E-state index contributed by atoms with van der Waals surface area (Å²) < 4.78 is 28.3. The van der Waals surface area contributed by atoms with E-state index in [1.807, 2.05) is 36.1 Å². The van der Waals surface area contributed by atoms with Crippen molar-refractivity contribution in [3.05, 3.63) is 71.4 Å². The first-order valence-electron chi connectivity index (χ1n) is 8.88. The first-order valence-corrected chi connectivity index (χ1v) is 8.88. The number of rotatable bonds is 2. The molecule has 1 aliphatic heterocycles. The van der Waals surface area contributed by atoms with Crippen molar-refractivity contribution in [1.29, 1.82) is 0 Å². The zero-order valence-corrected chi connectivity index (χ0v) is 15.0. The molecule has 4 rings (SSSR count). The Morgan fingerprint density at radius 3 is 2.30 bits per heavy atom. The number of fused-ring (bicyclic) bond motifs is 1. The van der Waals surface area contributed by atoms with Crippen molar-refractivity contribution in [2.45, 2.75) is 6.92 Å². The number of piperazine rings is 1. The number of carbonyl (C=O) groups excluding carboxylic acids is 1. The zero-order chi connectivity index (χ0) is 19.0. The Bertz CT molecular complexity index is 996. The summed E-state index contributed by atoms with van der Waals surface area (Å²) in [6.45, 7) is 4.12. The molecule has 0 saturated carbocycles. The highest BCUT2D eigenvalue weighted by atomic mass is 19.1. The quantitative estimate of drug-likeness (QED) is 0.692. The Kier molecular flexibility index (Phi) is 4.48. The van der Waals surface area contributed by atoms with E-state index >= 15 is 0 Å². The van der Waals surface area contributed by atoms with Crippen LogP contribution in [0, 0.1) is 18.6 Å². The highest BCUT2D eigenvalue weighted by Gasteiger charge is 2.24. The maximum atomic E-state index is 14.3. The van der Waals surface area contributed by atoms with Crippen molar-refractivity contribution >= 4 is 22.5 Å². The highest BCUT2D eigenvalue weighted by molar-refractivity contribution is 5.95. The molecular formula is C21H19F2N3O. The van der Waals surface area contributed by atoms with Crippen LogP contribution in [0.4, 0.5) is 14.5 Å². The second-order valence-corrected chi connectivity index (χ2v) is 6.73. The molecule has 6 heteroatoms. The van der Waals surface area contributed by atoms with Gasteiger partial charge in [0.25, 0.3) is 5.91 Å². The third-order valence-corrected chi connectivity index (χ3v) is 4.98. The molecule has 0 atom stereocenters. The van der Waals surface area contributed by atoms with E-state index in [4.69, 9.17) is 0 Å². The van der Waals surface area contributed by atoms with Gasteiger partial charge in [0.05, 0.1) is 11.1 Å². The Morgan fingerprint density at radius 2 is 1.59 bits per heavy atom. The van der Waals surface area contributed by atoms with Crippen molar-refractivity contribution in [1.82, 2.24) is 9.88 Å². The molecule has 1 saturated heterocycles. The van der Waals surface area contributed by atoms with Crippen LogP contribution in [0.15, 0.2) is 48.7 Å². The predicted molar refractivity (Wildman–Crippen MR) is 101 cm³/mol. The molecule has 0 radical (unpaired) electrons. The third-order valence-electron chi connectivity index (χ3n) is 4.98. The molecule has 2 aromatic carbocycles. The molecule has 1 fully saturated rings. The summed E-state index contributed by atoms with van der Waals surface area (Å²) in [7, 11) is 0. The number of carbonyl (C=O) groups is 1. The van der Waals surface area contributed by atoms with Crippen LogP contribution in [-0.2, 0) is 0 Å². The number of hydrogen-bond acceptors (Lipinski definition) is 3. The summed E-state index contributed by atoms with van der Waals surface area (Å²) in [4.78, 5) is 20.4. The normalized spacial score (nSPS) is 14.6. The van der Waals surface area contributed by atoms with Gasteiger partial charge in [-0.15, -0.1) is 0 Å². The Labute approximate surface area is 156 Å². The van der Waals surface area contributed by atoms with Crippen molar-refractivity contribution < 1.29 is 13.6 Å². The lowest BCUT2D eigenvalue weighted by molar-refractivity contribution is 0.0747. The van der Waals surface area contributed by atoms with Crippen LogP contribution in [0.2, 0.25) is 0 Å². The molecular weight excluding hydrogens is 348 g/mol. The number of halogens is 2. The predicted octanol–water partition coefficient (Wildman–Crippen LogP) is 3.78. The van der Waals surface area contributed by atoms with E-state index in [2.05, 4.69) is 4.98 Å². The maximum Gasteiger partial charge on any atom is 0.253 e. The van der Waals surface area contributed by atoms with Gasteiger partial charge < -0.3 is 9.80 Å². The number of aryl methyl sites for hydroxylation is 1. The maximum absolute atomic E-state index is 14.3. The fourth-order valence-electron chi connectivity index (χ4n) is 3.47. The molecule has 0 bridgehead atoms. The molecule has 0 N–H and O–H groups in total. The van der Waals surface area contributed by atoms with E-state index in [1.54, 1.807) is 11.0 Å². The van der Waals surface area contributed by atoms with E-state index in [-0.39, 0.29) is 16.8 Å². The number of pyridine rings is 1. The number of nitrogens with zero attached hydrogens (tertiary/aromatic N) is 3. The summed E-state index contributed by atoms with van der Waals surface area (Å²) in [5.74, 6) is -1.04. The van der Waals surface area contributed by atoms with E-state index in [9.17, 15) is 13.6 Å².